The van der Waals surface area contributed by atoms with Gasteiger partial charge in [0, 0.05) is 20.2 Å². The predicted molar refractivity (Wildman–Crippen MR) is 77.5 cm³/mol. The molecule has 2 N–H and O–H groups in total. The van der Waals surface area contributed by atoms with Gasteiger partial charge >= 0.3 is 5.69 Å². The average Bonchev–Trinajstić information content (AvgIpc) is 2.52. The zero-order valence-electron chi connectivity index (χ0n) is 12.0. The van der Waals surface area contributed by atoms with Crippen LogP contribution in [0.1, 0.15) is 0 Å². The molecule has 11 nitrogen and oxygen atoms in total. The molecule has 2 aromatic rings. The first-order chi connectivity index (χ1) is 10.7. The quantitative estimate of drug-likeness (QED) is 0.485. The SMILES string of the molecule is Cn1c(O)c(/N=N/c2ccc([N+](=O)[O-])cc2O)c(=O)n(C)c1=O. The third kappa shape index (κ3) is 2.79. The van der Waals surface area contributed by atoms with Gasteiger partial charge in [0.2, 0.25) is 11.6 Å². The maximum Gasteiger partial charge on any atom is 0.333 e. The fourth-order valence-corrected chi connectivity index (χ4v) is 1.72. The second kappa shape index (κ2) is 5.71. The summed E-state index contributed by atoms with van der Waals surface area (Å²) in [6.07, 6.45) is 0. The molecule has 0 amide bonds. The number of phenols is 1. The molecule has 0 saturated carbocycles. The lowest BCUT2D eigenvalue weighted by Gasteiger charge is -2.06. The largest absolute Gasteiger partial charge is 0.505 e. The van der Waals surface area contributed by atoms with Crippen LogP contribution in [0.3, 0.4) is 0 Å². The average molecular weight is 321 g/mol. The van der Waals surface area contributed by atoms with Crippen LogP contribution in [0.5, 0.6) is 11.6 Å². The van der Waals surface area contributed by atoms with Crippen LogP contribution in [0, 0.1) is 10.1 Å². The summed E-state index contributed by atoms with van der Waals surface area (Å²) in [5, 5.41) is 37.1. The number of aromatic nitrogens is 2. The molecule has 0 aliphatic heterocycles. The second-order valence-corrected chi connectivity index (χ2v) is 4.51. The predicted octanol–water partition coefficient (Wildman–Crippen LogP) is 0.819. The van der Waals surface area contributed by atoms with Crippen LogP contribution >= 0.6 is 0 Å². The Kier molecular flexibility index (Phi) is 3.94. The molecule has 1 heterocycles. The maximum atomic E-state index is 11.9. The number of phenolic OH excluding ortho intramolecular Hbond substituents is 1. The first-order valence-electron chi connectivity index (χ1n) is 6.12. The van der Waals surface area contributed by atoms with E-state index in [1.54, 1.807) is 0 Å². The summed E-state index contributed by atoms with van der Waals surface area (Å²) in [7, 11) is 2.44. The summed E-state index contributed by atoms with van der Waals surface area (Å²) < 4.78 is 1.52. The Bertz CT molecular complexity index is 942. The van der Waals surface area contributed by atoms with E-state index in [9.17, 15) is 29.9 Å². The molecule has 0 aliphatic rings. The monoisotopic (exact) mass is 321 g/mol. The number of azo groups is 1. The molecule has 0 bridgehead atoms. The van der Waals surface area contributed by atoms with Gasteiger partial charge in [0.15, 0.2) is 0 Å². The van der Waals surface area contributed by atoms with Gasteiger partial charge in [-0.25, -0.2) is 4.79 Å². The smallest absolute Gasteiger partial charge is 0.333 e. The minimum atomic E-state index is -0.879. The molecule has 0 atom stereocenters. The van der Waals surface area contributed by atoms with E-state index in [1.807, 2.05) is 0 Å². The van der Waals surface area contributed by atoms with Crippen molar-refractivity contribution in [3.8, 4) is 11.6 Å². The Morgan fingerprint density at radius 2 is 1.78 bits per heavy atom. The van der Waals surface area contributed by atoms with E-state index in [1.165, 1.54) is 14.1 Å². The van der Waals surface area contributed by atoms with Crippen molar-refractivity contribution in [1.29, 1.82) is 0 Å². The highest BCUT2D eigenvalue weighted by atomic mass is 16.6. The van der Waals surface area contributed by atoms with Crippen LogP contribution in [0.4, 0.5) is 17.1 Å². The van der Waals surface area contributed by atoms with Crippen molar-refractivity contribution >= 4 is 17.1 Å². The minimum Gasteiger partial charge on any atom is -0.505 e. The molecule has 120 valence electrons. The van der Waals surface area contributed by atoms with Crippen molar-refractivity contribution in [3.05, 3.63) is 49.2 Å². The third-order valence-electron chi connectivity index (χ3n) is 3.04. The number of rotatable bonds is 3. The molecule has 0 unspecified atom stereocenters. The van der Waals surface area contributed by atoms with Crippen LogP contribution in [-0.2, 0) is 14.1 Å². The van der Waals surface area contributed by atoms with Crippen LogP contribution < -0.4 is 11.2 Å². The number of nitro benzene ring substituents is 1. The van der Waals surface area contributed by atoms with Gasteiger partial charge < -0.3 is 10.2 Å². The molecule has 0 saturated heterocycles. The molecule has 1 aromatic heterocycles. The van der Waals surface area contributed by atoms with Gasteiger partial charge in [0.1, 0.15) is 11.4 Å². The van der Waals surface area contributed by atoms with Gasteiger partial charge in [-0.05, 0) is 6.07 Å². The van der Waals surface area contributed by atoms with Crippen molar-refractivity contribution in [3.63, 3.8) is 0 Å². The summed E-state index contributed by atoms with van der Waals surface area (Å²) in [5.41, 5.74) is -2.62. The van der Waals surface area contributed by atoms with E-state index in [0.717, 1.165) is 27.3 Å². The molecule has 1 aromatic carbocycles. The fraction of sp³-hybridized carbons (Fsp3) is 0.167. The van der Waals surface area contributed by atoms with Crippen molar-refractivity contribution in [2.45, 2.75) is 0 Å². The zero-order valence-corrected chi connectivity index (χ0v) is 12.0. The first-order valence-corrected chi connectivity index (χ1v) is 6.12. The second-order valence-electron chi connectivity index (χ2n) is 4.51. The van der Waals surface area contributed by atoms with Gasteiger partial charge in [0.25, 0.3) is 11.2 Å². The van der Waals surface area contributed by atoms with Crippen LogP contribution in [0.2, 0.25) is 0 Å². The van der Waals surface area contributed by atoms with E-state index in [2.05, 4.69) is 10.2 Å². The molecular formula is C12H11N5O6. The van der Waals surface area contributed by atoms with Crippen LogP contribution in [0.15, 0.2) is 38.0 Å². The van der Waals surface area contributed by atoms with Crippen molar-refractivity contribution < 1.29 is 15.1 Å². The summed E-state index contributed by atoms with van der Waals surface area (Å²) in [4.78, 5) is 33.3. The highest BCUT2D eigenvalue weighted by Gasteiger charge is 2.15. The highest BCUT2D eigenvalue weighted by Crippen LogP contribution is 2.32. The molecule has 2 rings (SSSR count). The zero-order chi connectivity index (χ0) is 17.3. The van der Waals surface area contributed by atoms with Crippen molar-refractivity contribution in [2.24, 2.45) is 24.3 Å². The topological polar surface area (TPSA) is 152 Å². The van der Waals surface area contributed by atoms with Gasteiger partial charge in [0.05, 0.1) is 11.0 Å². The summed E-state index contributed by atoms with van der Waals surface area (Å²) in [6, 6.07) is 3.08. The number of nitrogens with zero attached hydrogens (tertiary/aromatic N) is 5. The van der Waals surface area contributed by atoms with E-state index in [0.29, 0.717) is 0 Å². The lowest BCUT2D eigenvalue weighted by atomic mass is 10.2. The minimum absolute atomic E-state index is 0.147. The number of hydrogen-bond acceptors (Lipinski definition) is 8. The number of nitro groups is 1. The van der Waals surface area contributed by atoms with E-state index < -0.39 is 33.5 Å². The summed E-state index contributed by atoms with van der Waals surface area (Å²) >= 11 is 0. The highest BCUT2D eigenvalue weighted by molar-refractivity contribution is 5.56. The number of aromatic hydroxyl groups is 2. The van der Waals surface area contributed by atoms with Gasteiger partial charge in [-0.2, -0.15) is 0 Å². The number of hydrogen-bond donors (Lipinski definition) is 2. The lowest BCUT2D eigenvalue weighted by molar-refractivity contribution is -0.384. The lowest BCUT2D eigenvalue weighted by Crippen LogP contribution is -2.36. The molecular weight excluding hydrogens is 310 g/mol. The molecule has 0 spiro atoms. The van der Waals surface area contributed by atoms with E-state index in [-0.39, 0.29) is 11.4 Å². The molecule has 23 heavy (non-hydrogen) atoms. The molecule has 0 fully saturated rings. The normalized spacial score (nSPS) is 11.0. The number of non-ortho nitro benzene ring substituents is 1. The Hall–Kier alpha value is -3.50. The fourth-order valence-electron chi connectivity index (χ4n) is 1.72. The summed E-state index contributed by atoms with van der Waals surface area (Å²) in [6.45, 7) is 0. The Morgan fingerprint density at radius 3 is 2.35 bits per heavy atom. The maximum absolute atomic E-state index is 11.9. The van der Waals surface area contributed by atoms with Crippen LogP contribution in [-0.4, -0.2) is 24.3 Å². The van der Waals surface area contributed by atoms with Gasteiger partial charge in [-0.15, -0.1) is 10.2 Å². The van der Waals surface area contributed by atoms with Crippen molar-refractivity contribution in [1.82, 2.24) is 9.13 Å². The van der Waals surface area contributed by atoms with Crippen LogP contribution in [0.25, 0.3) is 0 Å². The molecule has 0 radical (unpaired) electrons. The Balaban J connectivity index is 2.52. The van der Waals surface area contributed by atoms with Gasteiger partial charge in [-0.3, -0.25) is 24.0 Å². The Labute approximate surface area is 127 Å². The van der Waals surface area contributed by atoms with E-state index >= 15 is 0 Å². The molecule has 11 heteroatoms. The van der Waals surface area contributed by atoms with Crippen molar-refractivity contribution in [2.75, 3.05) is 0 Å². The summed E-state index contributed by atoms with van der Waals surface area (Å²) in [5.74, 6) is -1.22. The third-order valence-corrected chi connectivity index (χ3v) is 3.04. The number of benzene rings is 1. The molecule has 0 aliphatic carbocycles. The Morgan fingerprint density at radius 1 is 1.13 bits per heavy atom. The van der Waals surface area contributed by atoms with E-state index in [4.69, 9.17) is 0 Å². The van der Waals surface area contributed by atoms with Gasteiger partial charge in [-0.1, -0.05) is 0 Å². The standard InChI is InChI=1S/C12H11N5O6/c1-15-10(19)9(11(20)16(2)12(15)21)14-13-7-4-3-6(17(22)23)5-8(7)18/h3-5,18-19H,1-2H3/b14-13+. The first kappa shape index (κ1) is 15.9.